The second-order valence-corrected chi connectivity index (χ2v) is 3.19. The molecular formula is C12H13NO3. The molecule has 0 aromatic heterocycles. The molecule has 0 saturated heterocycles. The van der Waals surface area contributed by atoms with Gasteiger partial charge in [0, 0.05) is 11.8 Å². The van der Waals surface area contributed by atoms with Crippen LogP contribution in [0.2, 0.25) is 0 Å². The number of carbonyl (C=O) groups excluding carboxylic acids is 1. The summed E-state index contributed by atoms with van der Waals surface area (Å²) < 4.78 is 5.19. The summed E-state index contributed by atoms with van der Waals surface area (Å²) in [6, 6.07) is 6.79. The number of nitrogens with one attached hydrogen (secondary N) is 1. The van der Waals surface area contributed by atoms with Crippen molar-refractivity contribution in [2.75, 3.05) is 11.9 Å². The number of anilines is 1. The van der Waals surface area contributed by atoms with Crippen LogP contribution in [0.15, 0.2) is 24.3 Å². The molecule has 1 aromatic rings. The fourth-order valence-electron chi connectivity index (χ4n) is 1.04. The number of amides is 1. The Hall–Kier alpha value is -1.99. The van der Waals surface area contributed by atoms with Crippen molar-refractivity contribution >= 4 is 11.6 Å². The molecule has 1 aromatic carbocycles. The molecule has 0 spiro atoms. The average Bonchev–Trinajstić information content (AvgIpc) is 2.26. The highest BCUT2D eigenvalue weighted by atomic mass is 16.5. The fourth-order valence-corrected chi connectivity index (χ4v) is 1.04. The van der Waals surface area contributed by atoms with Gasteiger partial charge in [-0.15, -0.1) is 6.42 Å². The van der Waals surface area contributed by atoms with Gasteiger partial charge in [-0.1, -0.05) is 12.0 Å². The van der Waals surface area contributed by atoms with Gasteiger partial charge in [0.15, 0.2) is 0 Å². The van der Waals surface area contributed by atoms with Crippen LogP contribution in [0.25, 0.3) is 0 Å². The van der Waals surface area contributed by atoms with Crippen molar-refractivity contribution in [3.05, 3.63) is 24.3 Å². The van der Waals surface area contributed by atoms with Gasteiger partial charge in [-0.2, -0.15) is 0 Å². The van der Waals surface area contributed by atoms with Gasteiger partial charge in [0.2, 0.25) is 0 Å². The van der Waals surface area contributed by atoms with Crippen LogP contribution in [0.5, 0.6) is 5.75 Å². The lowest BCUT2D eigenvalue weighted by atomic mass is 10.3. The highest BCUT2D eigenvalue weighted by Gasteiger charge is 2.08. The highest BCUT2D eigenvalue weighted by Crippen LogP contribution is 2.17. The summed E-state index contributed by atoms with van der Waals surface area (Å²) in [6.07, 6.45) is 4.01. The summed E-state index contributed by atoms with van der Waals surface area (Å²) >= 11 is 0. The van der Waals surface area contributed by atoms with Gasteiger partial charge in [-0.25, -0.2) is 0 Å². The molecule has 0 aliphatic carbocycles. The Balaban J connectivity index is 2.68. The summed E-state index contributed by atoms with van der Waals surface area (Å²) in [4.78, 5) is 11.2. The first kappa shape index (κ1) is 12.1. The van der Waals surface area contributed by atoms with Crippen molar-refractivity contribution in [3.8, 4) is 18.1 Å². The molecule has 0 radical (unpaired) electrons. The maximum absolute atomic E-state index is 11.2. The van der Waals surface area contributed by atoms with Gasteiger partial charge in [-0.05, 0) is 19.1 Å². The average molecular weight is 219 g/mol. The van der Waals surface area contributed by atoms with Gasteiger partial charge in [0.05, 0.1) is 0 Å². The van der Waals surface area contributed by atoms with E-state index in [2.05, 4.69) is 11.2 Å². The van der Waals surface area contributed by atoms with E-state index in [9.17, 15) is 4.79 Å². The van der Waals surface area contributed by atoms with Crippen molar-refractivity contribution < 1.29 is 14.6 Å². The van der Waals surface area contributed by atoms with Crippen molar-refractivity contribution in [3.63, 3.8) is 0 Å². The molecule has 1 rings (SSSR count). The molecule has 1 unspecified atom stereocenters. The van der Waals surface area contributed by atoms with Gasteiger partial charge in [-0.3, -0.25) is 4.79 Å². The van der Waals surface area contributed by atoms with Gasteiger partial charge in [0.25, 0.3) is 5.91 Å². The van der Waals surface area contributed by atoms with Gasteiger partial charge >= 0.3 is 0 Å². The number of hydrogen-bond acceptors (Lipinski definition) is 3. The van der Waals surface area contributed by atoms with Crippen LogP contribution in [0.1, 0.15) is 6.92 Å². The van der Waals surface area contributed by atoms with E-state index in [4.69, 9.17) is 16.3 Å². The molecule has 0 bridgehead atoms. The first-order valence-corrected chi connectivity index (χ1v) is 4.78. The third kappa shape index (κ3) is 3.64. The minimum atomic E-state index is -1.05. The molecule has 1 amide bonds. The van der Waals surface area contributed by atoms with Crippen LogP contribution < -0.4 is 10.1 Å². The van der Waals surface area contributed by atoms with E-state index >= 15 is 0 Å². The molecule has 1 atom stereocenters. The zero-order valence-electron chi connectivity index (χ0n) is 8.93. The van der Waals surface area contributed by atoms with E-state index in [0.717, 1.165) is 0 Å². The maximum atomic E-state index is 11.2. The van der Waals surface area contributed by atoms with E-state index in [1.54, 1.807) is 24.3 Å². The Bertz CT molecular complexity index is 407. The quantitative estimate of drug-likeness (QED) is 0.743. The molecule has 4 nitrogen and oxygen atoms in total. The fraction of sp³-hybridized carbons (Fsp3) is 0.250. The lowest BCUT2D eigenvalue weighted by Crippen LogP contribution is -2.24. The van der Waals surface area contributed by atoms with Gasteiger partial charge in [0.1, 0.15) is 18.5 Å². The summed E-state index contributed by atoms with van der Waals surface area (Å²) in [7, 11) is 0. The zero-order valence-corrected chi connectivity index (χ0v) is 8.93. The van der Waals surface area contributed by atoms with Crippen molar-refractivity contribution in [1.82, 2.24) is 0 Å². The summed E-state index contributed by atoms with van der Waals surface area (Å²) in [5, 5.41) is 11.6. The van der Waals surface area contributed by atoms with E-state index in [-0.39, 0.29) is 6.61 Å². The number of terminal acetylenes is 1. The molecular weight excluding hydrogens is 206 g/mol. The van der Waals surface area contributed by atoms with Crippen LogP contribution >= 0.6 is 0 Å². The molecule has 0 heterocycles. The van der Waals surface area contributed by atoms with Crippen LogP contribution in [0.4, 0.5) is 5.69 Å². The minimum absolute atomic E-state index is 0.174. The Kier molecular flexibility index (Phi) is 4.37. The van der Waals surface area contributed by atoms with E-state index < -0.39 is 12.0 Å². The number of aliphatic hydroxyl groups is 1. The van der Waals surface area contributed by atoms with E-state index in [1.807, 2.05) is 0 Å². The minimum Gasteiger partial charge on any atom is -0.481 e. The lowest BCUT2D eigenvalue weighted by Gasteiger charge is -2.08. The molecule has 0 saturated carbocycles. The molecule has 0 fully saturated rings. The van der Waals surface area contributed by atoms with Crippen molar-refractivity contribution in [2.24, 2.45) is 0 Å². The normalized spacial score (nSPS) is 11.3. The second kappa shape index (κ2) is 5.79. The molecule has 16 heavy (non-hydrogen) atoms. The summed E-state index contributed by atoms with van der Waals surface area (Å²) in [6.45, 7) is 1.57. The standard InChI is InChI=1S/C12H13NO3/c1-3-7-16-11-6-4-5-10(8-11)13-12(15)9(2)14/h1,4-6,8-9,14H,7H2,2H3,(H,13,15). The van der Waals surface area contributed by atoms with E-state index in [0.29, 0.717) is 11.4 Å². The molecule has 84 valence electrons. The van der Waals surface area contributed by atoms with Crippen molar-refractivity contribution in [2.45, 2.75) is 13.0 Å². The van der Waals surface area contributed by atoms with Gasteiger partial charge < -0.3 is 15.2 Å². The molecule has 2 N–H and O–H groups in total. The number of aliphatic hydroxyl groups excluding tert-OH is 1. The van der Waals surface area contributed by atoms with Crippen LogP contribution in [0, 0.1) is 12.3 Å². The lowest BCUT2D eigenvalue weighted by molar-refractivity contribution is -0.123. The number of rotatable bonds is 4. The van der Waals surface area contributed by atoms with Crippen LogP contribution in [0.3, 0.4) is 0 Å². The largest absolute Gasteiger partial charge is 0.481 e. The van der Waals surface area contributed by atoms with E-state index in [1.165, 1.54) is 6.92 Å². The number of carbonyl (C=O) groups is 1. The Morgan fingerprint density at radius 3 is 3.06 bits per heavy atom. The topological polar surface area (TPSA) is 58.6 Å². The summed E-state index contributed by atoms with van der Waals surface area (Å²) in [5.74, 6) is 2.45. The first-order chi connectivity index (χ1) is 7.63. The number of hydrogen-bond donors (Lipinski definition) is 2. The maximum Gasteiger partial charge on any atom is 0.252 e. The molecule has 0 aliphatic heterocycles. The molecule has 0 aliphatic rings. The smallest absolute Gasteiger partial charge is 0.252 e. The summed E-state index contributed by atoms with van der Waals surface area (Å²) in [5.41, 5.74) is 0.556. The third-order valence-electron chi connectivity index (χ3n) is 1.80. The third-order valence-corrected chi connectivity index (χ3v) is 1.80. The molecule has 4 heteroatoms. The van der Waals surface area contributed by atoms with Crippen molar-refractivity contribution in [1.29, 1.82) is 0 Å². The van der Waals surface area contributed by atoms with Crippen LogP contribution in [-0.4, -0.2) is 23.7 Å². The first-order valence-electron chi connectivity index (χ1n) is 4.78. The monoisotopic (exact) mass is 219 g/mol. The number of ether oxygens (including phenoxy) is 1. The zero-order chi connectivity index (χ0) is 12.0. The predicted molar refractivity (Wildman–Crippen MR) is 61.1 cm³/mol. The Labute approximate surface area is 94.2 Å². The Morgan fingerprint density at radius 2 is 2.44 bits per heavy atom. The highest BCUT2D eigenvalue weighted by molar-refractivity contribution is 5.93. The van der Waals surface area contributed by atoms with Crippen LogP contribution in [-0.2, 0) is 4.79 Å². The SMILES string of the molecule is C#CCOc1cccc(NC(=O)C(C)O)c1. The number of benzene rings is 1. The second-order valence-electron chi connectivity index (χ2n) is 3.19. The predicted octanol–water partition coefficient (Wildman–Crippen LogP) is 1.02. The Morgan fingerprint density at radius 1 is 1.69 bits per heavy atom.